The van der Waals surface area contributed by atoms with E-state index in [1.54, 1.807) is 36.2 Å². The van der Waals surface area contributed by atoms with Gasteiger partial charge in [0.05, 0.1) is 0 Å². The highest BCUT2D eigenvalue weighted by Gasteiger charge is 2.12. The third-order valence-electron chi connectivity index (χ3n) is 3.05. The smallest absolute Gasteiger partial charge is 0.303 e. The molecule has 21 heavy (non-hydrogen) atoms. The van der Waals surface area contributed by atoms with E-state index in [2.05, 4.69) is 5.32 Å². The summed E-state index contributed by atoms with van der Waals surface area (Å²) in [7, 11) is 1.70. The number of amides is 2. The van der Waals surface area contributed by atoms with Gasteiger partial charge in [-0.05, 0) is 31.5 Å². The molecule has 0 unspecified atom stereocenters. The summed E-state index contributed by atoms with van der Waals surface area (Å²) in [5.74, 6) is -1.34. The molecule has 6 nitrogen and oxygen atoms in total. The number of nitrogens with zero attached hydrogens (tertiary/aromatic N) is 1. The number of rotatable bonds is 7. The zero-order chi connectivity index (χ0) is 15.8. The molecule has 0 fully saturated rings. The largest absolute Gasteiger partial charge is 0.481 e. The lowest BCUT2D eigenvalue weighted by atomic mass is 10.1. The van der Waals surface area contributed by atoms with Crippen LogP contribution in [0.4, 0.5) is 0 Å². The molecule has 0 atom stereocenters. The fourth-order valence-corrected chi connectivity index (χ4v) is 1.70. The average Bonchev–Trinajstić information content (AvgIpc) is 2.49. The molecule has 0 aliphatic rings. The van der Waals surface area contributed by atoms with Crippen LogP contribution >= 0.6 is 0 Å². The Morgan fingerprint density at radius 3 is 2.52 bits per heavy atom. The lowest BCUT2D eigenvalue weighted by Gasteiger charge is -2.14. The minimum Gasteiger partial charge on any atom is -0.481 e. The minimum absolute atomic E-state index is 0.0140. The Morgan fingerprint density at radius 1 is 1.24 bits per heavy atom. The number of carbonyl (C=O) groups excluding carboxylic acids is 2. The quantitative estimate of drug-likeness (QED) is 0.743. The van der Waals surface area contributed by atoms with Gasteiger partial charge in [0, 0.05) is 37.7 Å². The van der Waals surface area contributed by atoms with Gasteiger partial charge in [-0.3, -0.25) is 14.4 Å². The zero-order valence-corrected chi connectivity index (χ0v) is 12.3. The molecule has 1 rings (SSSR count). The summed E-state index contributed by atoms with van der Waals surface area (Å²) in [6, 6.07) is 6.48. The van der Waals surface area contributed by atoms with Gasteiger partial charge in [0.25, 0.3) is 11.8 Å². The molecule has 2 N–H and O–H groups in total. The van der Waals surface area contributed by atoms with Gasteiger partial charge in [-0.15, -0.1) is 0 Å². The second-order valence-electron chi connectivity index (χ2n) is 4.65. The molecule has 1 aromatic carbocycles. The van der Waals surface area contributed by atoms with Crippen molar-refractivity contribution in [2.45, 2.75) is 19.8 Å². The maximum atomic E-state index is 12.0. The van der Waals surface area contributed by atoms with Crippen molar-refractivity contribution in [2.24, 2.45) is 0 Å². The summed E-state index contributed by atoms with van der Waals surface area (Å²) in [6.07, 6.45) is 0.387. The predicted octanol–water partition coefficient (Wildman–Crippen LogP) is 1.37. The monoisotopic (exact) mass is 292 g/mol. The number of carbonyl (C=O) groups is 3. The van der Waals surface area contributed by atoms with Gasteiger partial charge in [-0.1, -0.05) is 6.07 Å². The number of nitrogens with one attached hydrogen (secondary N) is 1. The van der Waals surface area contributed by atoms with Gasteiger partial charge in [0.1, 0.15) is 0 Å². The fourth-order valence-electron chi connectivity index (χ4n) is 1.70. The second-order valence-corrected chi connectivity index (χ2v) is 4.65. The molecule has 2 amide bonds. The molecular weight excluding hydrogens is 272 g/mol. The Balaban J connectivity index is 2.65. The van der Waals surface area contributed by atoms with Crippen molar-refractivity contribution in [3.05, 3.63) is 35.4 Å². The molecule has 0 heterocycles. The van der Waals surface area contributed by atoms with Crippen LogP contribution in [0.15, 0.2) is 24.3 Å². The highest BCUT2D eigenvalue weighted by atomic mass is 16.4. The van der Waals surface area contributed by atoms with Crippen molar-refractivity contribution < 1.29 is 19.5 Å². The first-order valence-electron chi connectivity index (χ1n) is 6.81. The molecule has 114 valence electrons. The number of carboxylic acid groups (broad SMARTS) is 1. The number of carboxylic acids is 1. The lowest BCUT2D eigenvalue weighted by Crippen LogP contribution is -2.27. The predicted molar refractivity (Wildman–Crippen MR) is 78.3 cm³/mol. The molecular formula is C15H20N2O4. The number of hydrogen-bond donors (Lipinski definition) is 2. The first-order valence-corrected chi connectivity index (χ1v) is 6.81. The van der Waals surface area contributed by atoms with Gasteiger partial charge in [0.2, 0.25) is 0 Å². The molecule has 0 radical (unpaired) electrons. The summed E-state index contributed by atoms with van der Waals surface area (Å²) in [4.78, 5) is 35.9. The van der Waals surface area contributed by atoms with Gasteiger partial charge in [-0.2, -0.15) is 0 Å². The van der Waals surface area contributed by atoms with Crippen LogP contribution in [0.25, 0.3) is 0 Å². The van der Waals surface area contributed by atoms with Crippen LogP contribution in [-0.2, 0) is 4.79 Å². The molecule has 6 heteroatoms. The lowest BCUT2D eigenvalue weighted by molar-refractivity contribution is -0.137. The van der Waals surface area contributed by atoms with Crippen LogP contribution in [0.3, 0.4) is 0 Å². The molecule has 0 saturated heterocycles. The summed E-state index contributed by atoms with van der Waals surface area (Å²) in [6.45, 7) is 2.75. The van der Waals surface area contributed by atoms with Crippen molar-refractivity contribution in [2.75, 3.05) is 20.1 Å². The van der Waals surface area contributed by atoms with Crippen molar-refractivity contribution in [3.63, 3.8) is 0 Å². The van der Waals surface area contributed by atoms with Gasteiger partial charge in [-0.25, -0.2) is 0 Å². The third-order valence-corrected chi connectivity index (χ3v) is 3.05. The number of benzene rings is 1. The van der Waals surface area contributed by atoms with Gasteiger partial charge < -0.3 is 15.3 Å². The first kappa shape index (κ1) is 16.7. The second kappa shape index (κ2) is 8.04. The van der Waals surface area contributed by atoms with Crippen LogP contribution in [0.1, 0.15) is 40.5 Å². The van der Waals surface area contributed by atoms with Crippen LogP contribution in [-0.4, -0.2) is 47.9 Å². The minimum atomic E-state index is -0.889. The van der Waals surface area contributed by atoms with Gasteiger partial charge in [0.15, 0.2) is 0 Å². The van der Waals surface area contributed by atoms with Crippen LogP contribution < -0.4 is 5.32 Å². The Kier molecular flexibility index (Phi) is 6.39. The summed E-state index contributed by atoms with van der Waals surface area (Å²) < 4.78 is 0. The van der Waals surface area contributed by atoms with Crippen molar-refractivity contribution in [1.82, 2.24) is 10.2 Å². The molecule has 0 aromatic heterocycles. The molecule has 0 aliphatic carbocycles. The summed E-state index contributed by atoms with van der Waals surface area (Å²) >= 11 is 0. The van der Waals surface area contributed by atoms with Gasteiger partial charge >= 0.3 is 5.97 Å². The van der Waals surface area contributed by atoms with Crippen LogP contribution in [0.2, 0.25) is 0 Å². The number of aliphatic carboxylic acids is 1. The molecule has 1 aromatic rings. The molecule has 0 aliphatic heterocycles. The topological polar surface area (TPSA) is 86.7 Å². The van der Waals surface area contributed by atoms with E-state index >= 15 is 0 Å². The highest BCUT2D eigenvalue weighted by Crippen LogP contribution is 2.08. The van der Waals surface area contributed by atoms with E-state index in [4.69, 9.17) is 5.11 Å². The van der Waals surface area contributed by atoms with E-state index in [9.17, 15) is 14.4 Å². The SMILES string of the molecule is CCN(C)C(=O)c1cccc(C(=O)NCCCC(=O)O)c1. The van der Waals surface area contributed by atoms with E-state index < -0.39 is 5.97 Å². The fraction of sp³-hybridized carbons (Fsp3) is 0.400. The van der Waals surface area contributed by atoms with E-state index in [1.807, 2.05) is 6.92 Å². The number of hydrogen-bond acceptors (Lipinski definition) is 3. The molecule has 0 spiro atoms. The normalized spacial score (nSPS) is 10.0. The Morgan fingerprint density at radius 2 is 1.90 bits per heavy atom. The van der Waals surface area contributed by atoms with E-state index in [0.717, 1.165) is 0 Å². The maximum absolute atomic E-state index is 12.0. The van der Waals surface area contributed by atoms with E-state index in [0.29, 0.717) is 24.1 Å². The zero-order valence-electron chi connectivity index (χ0n) is 12.3. The van der Waals surface area contributed by atoms with Crippen molar-refractivity contribution in [1.29, 1.82) is 0 Å². The van der Waals surface area contributed by atoms with E-state index in [1.165, 1.54) is 0 Å². The average molecular weight is 292 g/mol. The highest BCUT2D eigenvalue weighted by molar-refractivity contribution is 5.99. The van der Waals surface area contributed by atoms with Crippen LogP contribution in [0.5, 0.6) is 0 Å². The summed E-state index contributed by atoms with van der Waals surface area (Å²) in [5, 5.41) is 11.2. The molecule has 0 saturated carbocycles. The van der Waals surface area contributed by atoms with E-state index in [-0.39, 0.29) is 24.8 Å². The Bertz CT molecular complexity index is 528. The van der Waals surface area contributed by atoms with Crippen LogP contribution in [0, 0.1) is 0 Å². The Labute approximate surface area is 123 Å². The third kappa shape index (κ3) is 5.25. The van der Waals surface area contributed by atoms with Crippen molar-refractivity contribution in [3.8, 4) is 0 Å². The summed E-state index contributed by atoms with van der Waals surface area (Å²) in [5.41, 5.74) is 0.846. The standard InChI is InChI=1S/C15H20N2O4/c1-3-17(2)15(21)12-7-4-6-11(10-12)14(20)16-9-5-8-13(18)19/h4,6-7,10H,3,5,8-9H2,1-2H3,(H,16,20)(H,18,19). The first-order chi connectivity index (χ1) is 9.95. The molecule has 0 bridgehead atoms. The maximum Gasteiger partial charge on any atom is 0.303 e. The Hall–Kier alpha value is -2.37. The van der Waals surface area contributed by atoms with Crippen molar-refractivity contribution >= 4 is 17.8 Å².